The van der Waals surface area contributed by atoms with Crippen LogP contribution in [0, 0.1) is 0 Å². The third kappa shape index (κ3) is 4.13. The smallest absolute Gasteiger partial charge is 0.257 e. The highest BCUT2D eigenvalue weighted by Crippen LogP contribution is 2.26. The Morgan fingerprint density at radius 2 is 1.89 bits per heavy atom. The zero-order valence-electron chi connectivity index (χ0n) is 14.5. The van der Waals surface area contributed by atoms with E-state index in [1.54, 1.807) is 0 Å². The van der Waals surface area contributed by atoms with E-state index in [0.29, 0.717) is 11.0 Å². The summed E-state index contributed by atoms with van der Waals surface area (Å²) in [7, 11) is -1.14. The topological polar surface area (TPSA) is 110 Å². The Bertz CT molecular complexity index is 1070. The van der Waals surface area contributed by atoms with Crippen LogP contribution in [-0.4, -0.2) is 37.8 Å². The largest absolute Gasteiger partial charge is 0.495 e. The fraction of sp³-hybridized carbons (Fsp3) is 0.118. The predicted molar refractivity (Wildman–Crippen MR) is 103 cm³/mol. The Labute approximate surface area is 160 Å². The number of sulfonamides is 1. The van der Waals surface area contributed by atoms with Gasteiger partial charge < -0.3 is 4.74 Å². The first-order chi connectivity index (χ1) is 12.9. The summed E-state index contributed by atoms with van der Waals surface area (Å²) in [6.45, 7) is 0. The maximum atomic E-state index is 12.5. The van der Waals surface area contributed by atoms with Crippen LogP contribution in [0.5, 0.6) is 5.75 Å². The molecule has 0 aliphatic carbocycles. The molecule has 0 bridgehead atoms. The van der Waals surface area contributed by atoms with Crippen molar-refractivity contribution in [2.45, 2.75) is 4.90 Å². The van der Waals surface area contributed by atoms with Crippen LogP contribution in [0.4, 0.5) is 5.13 Å². The second-order valence-electron chi connectivity index (χ2n) is 5.32. The van der Waals surface area contributed by atoms with E-state index in [4.69, 9.17) is 4.74 Å². The second kappa shape index (κ2) is 7.82. The number of carbonyl (C=O) groups is 1. The van der Waals surface area contributed by atoms with Crippen molar-refractivity contribution < 1.29 is 17.9 Å². The molecular formula is C17H16N4O4S2. The van der Waals surface area contributed by atoms with Gasteiger partial charge in [0.25, 0.3) is 5.91 Å². The summed E-state index contributed by atoms with van der Waals surface area (Å²) in [5.41, 5.74) is 0.988. The molecule has 3 rings (SSSR count). The van der Waals surface area contributed by atoms with E-state index in [2.05, 4.69) is 19.4 Å². The molecule has 3 aromatic rings. The van der Waals surface area contributed by atoms with Gasteiger partial charge in [-0.2, -0.15) is 9.36 Å². The Kier molecular flexibility index (Phi) is 5.49. The molecule has 140 valence electrons. The zero-order chi connectivity index (χ0) is 19.4. The lowest BCUT2D eigenvalue weighted by atomic mass is 10.2. The van der Waals surface area contributed by atoms with E-state index in [1.165, 1.54) is 32.4 Å². The van der Waals surface area contributed by atoms with Crippen LogP contribution in [0.15, 0.2) is 53.4 Å². The number of anilines is 1. The molecule has 1 heterocycles. The highest BCUT2D eigenvalue weighted by atomic mass is 32.2. The van der Waals surface area contributed by atoms with Crippen molar-refractivity contribution >= 4 is 32.6 Å². The Morgan fingerprint density at radius 3 is 2.56 bits per heavy atom. The van der Waals surface area contributed by atoms with Crippen LogP contribution in [0.2, 0.25) is 0 Å². The van der Waals surface area contributed by atoms with Gasteiger partial charge in [0.15, 0.2) is 5.82 Å². The van der Waals surface area contributed by atoms with E-state index >= 15 is 0 Å². The number of aromatic nitrogens is 2. The van der Waals surface area contributed by atoms with Crippen molar-refractivity contribution in [1.29, 1.82) is 0 Å². The molecule has 0 atom stereocenters. The fourth-order valence-electron chi connectivity index (χ4n) is 2.29. The molecule has 0 spiro atoms. The van der Waals surface area contributed by atoms with Crippen LogP contribution in [0.1, 0.15) is 10.4 Å². The number of rotatable bonds is 6. The van der Waals surface area contributed by atoms with Crippen LogP contribution in [-0.2, 0) is 10.0 Å². The summed E-state index contributed by atoms with van der Waals surface area (Å²) in [4.78, 5) is 16.7. The zero-order valence-corrected chi connectivity index (χ0v) is 16.1. The van der Waals surface area contributed by atoms with E-state index in [9.17, 15) is 13.2 Å². The molecule has 1 amide bonds. The average Bonchev–Trinajstić information content (AvgIpc) is 3.16. The molecular weight excluding hydrogens is 388 g/mol. The minimum absolute atomic E-state index is 0.123. The van der Waals surface area contributed by atoms with Crippen molar-refractivity contribution in [1.82, 2.24) is 14.1 Å². The predicted octanol–water partition coefficient (Wildman–Crippen LogP) is 2.37. The number of nitrogens with one attached hydrogen (secondary N) is 2. The summed E-state index contributed by atoms with van der Waals surface area (Å²) in [5, 5.41) is 2.95. The molecule has 0 aliphatic rings. The summed E-state index contributed by atoms with van der Waals surface area (Å²) >= 11 is 1.04. The molecule has 2 aromatic carbocycles. The number of hydrogen-bond acceptors (Lipinski definition) is 7. The molecule has 0 saturated heterocycles. The third-order valence-corrected chi connectivity index (χ3v) is 5.73. The van der Waals surface area contributed by atoms with Crippen LogP contribution in [0.3, 0.4) is 0 Å². The van der Waals surface area contributed by atoms with Gasteiger partial charge in [-0.3, -0.25) is 10.1 Å². The Hall–Kier alpha value is -2.82. The van der Waals surface area contributed by atoms with Crippen molar-refractivity contribution in [2.75, 3.05) is 19.5 Å². The normalized spacial score (nSPS) is 11.2. The monoisotopic (exact) mass is 404 g/mol. The maximum Gasteiger partial charge on any atom is 0.257 e. The minimum Gasteiger partial charge on any atom is -0.495 e. The summed E-state index contributed by atoms with van der Waals surface area (Å²) < 4.78 is 35.8. The van der Waals surface area contributed by atoms with E-state index < -0.39 is 15.9 Å². The third-order valence-electron chi connectivity index (χ3n) is 3.66. The van der Waals surface area contributed by atoms with Crippen LogP contribution < -0.4 is 14.8 Å². The molecule has 0 unspecified atom stereocenters. The molecule has 0 saturated carbocycles. The first kappa shape index (κ1) is 19.0. The Balaban J connectivity index is 1.85. The van der Waals surface area contributed by atoms with E-state index in [1.807, 2.05) is 30.3 Å². The van der Waals surface area contributed by atoms with Gasteiger partial charge in [0.1, 0.15) is 10.6 Å². The second-order valence-corrected chi connectivity index (χ2v) is 7.92. The van der Waals surface area contributed by atoms with Gasteiger partial charge in [-0.25, -0.2) is 13.1 Å². The lowest BCUT2D eigenvalue weighted by molar-refractivity contribution is 0.102. The minimum atomic E-state index is -3.78. The first-order valence-corrected chi connectivity index (χ1v) is 10.0. The molecule has 2 N–H and O–H groups in total. The maximum absolute atomic E-state index is 12.5. The van der Waals surface area contributed by atoms with Gasteiger partial charge >= 0.3 is 0 Å². The fourth-order valence-corrected chi connectivity index (χ4v) is 3.79. The molecule has 1 aromatic heterocycles. The van der Waals surface area contributed by atoms with Gasteiger partial charge in [0.05, 0.1) is 7.11 Å². The molecule has 0 fully saturated rings. The molecule has 27 heavy (non-hydrogen) atoms. The van der Waals surface area contributed by atoms with Crippen molar-refractivity contribution in [3.8, 4) is 17.1 Å². The number of ether oxygens (including phenoxy) is 1. The van der Waals surface area contributed by atoms with Crippen LogP contribution >= 0.6 is 11.5 Å². The van der Waals surface area contributed by atoms with Gasteiger partial charge in [-0.1, -0.05) is 30.3 Å². The highest BCUT2D eigenvalue weighted by molar-refractivity contribution is 7.89. The number of carbonyl (C=O) groups excluding carboxylic acids is 1. The van der Waals surface area contributed by atoms with Crippen molar-refractivity contribution in [3.05, 3.63) is 54.1 Å². The van der Waals surface area contributed by atoms with Gasteiger partial charge in [-0.05, 0) is 25.2 Å². The van der Waals surface area contributed by atoms with Crippen molar-refractivity contribution in [2.24, 2.45) is 0 Å². The SMILES string of the molecule is CNS(=O)(=O)c1cc(C(=O)Nc2nc(-c3ccccc3)ns2)ccc1OC. The van der Waals surface area contributed by atoms with Crippen molar-refractivity contribution in [3.63, 3.8) is 0 Å². The summed E-state index contributed by atoms with van der Waals surface area (Å²) in [6.07, 6.45) is 0. The highest BCUT2D eigenvalue weighted by Gasteiger charge is 2.20. The van der Waals surface area contributed by atoms with E-state index in [-0.39, 0.29) is 16.2 Å². The Morgan fingerprint density at radius 1 is 1.15 bits per heavy atom. The molecule has 8 nitrogen and oxygen atoms in total. The number of hydrogen-bond donors (Lipinski definition) is 2. The lowest BCUT2D eigenvalue weighted by Crippen LogP contribution is -2.20. The van der Waals surface area contributed by atoms with Gasteiger partial charge in [0, 0.05) is 22.7 Å². The quantitative estimate of drug-likeness (QED) is 0.653. The molecule has 0 radical (unpaired) electrons. The standard InChI is InChI=1S/C17H16N4O4S2/c1-18-27(23,24)14-10-12(8-9-13(14)25-2)16(22)20-17-19-15(21-26-17)11-6-4-3-5-7-11/h3-10,18H,1-2H3,(H,19,20,21,22). The summed E-state index contributed by atoms with van der Waals surface area (Å²) in [6, 6.07) is 13.5. The van der Waals surface area contributed by atoms with Gasteiger partial charge in [-0.15, -0.1) is 0 Å². The van der Waals surface area contributed by atoms with Gasteiger partial charge in [0.2, 0.25) is 15.2 Å². The number of amides is 1. The lowest BCUT2D eigenvalue weighted by Gasteiger charge is -2.10. The molecule has 0 aliphatic heterocycles. The molecule has 10 heteroatoms. The number of methoxy groups -OCH3 is 1. The number of nitrogens with zero attached hydrogens (tertiary/aromatic N) is 2. The number of benzene rings is 2. The van der Waals surface area contributed by atoms with E-state index in [0.717, 1.165) is 17.1 Å². The summed E-state index contributed by atoms with van der Waals surface area (Å²) in [5.74, 6) is 0.147. The first-order valence-electron chi connectivity index (χ1n) is 7.76. The van der Waals surface area contributed by atoms with Crippen LogP contribution in [0.25, 0.3) is 11.4 Å². The average molecular weight is 404 g/mol.